The van der Waals surface area contributed by atoms with Gasteiger partial charge in [-0.15, -0.1) is 11.3 Å². The van der Waals surface area contributed by atoms with Crippen molar-refractivity contribution in [3.8, 4) is 5.75 Å². The molecule has 2 aliphatic carbocycles. The van der Waals surface area contributed by atoms with Gasteiger partial charge >= 0.3 is 5.97 Å². The van der Waals surface area contributed by atoms with Crippen molar-refractivity contribution in [2.45, 2.75) is 16.1 Å². The molecule has 1 aromatic heterocycles. The topological polar surface area (TPSA) is 101 Å². The Labute approximate surface area is 271 Å². The lowest BCUT2D eigenvalue weighted by Crippen LogP contribution is -2.52. The highest BCUT2D eigenvalue weighted by atomic mass is 79.9. The summed E-state index contributed by atoms with van der Waals surface area (Å²) < 4.78 is 5.35. The Bertz CT molecular complexity index is 1590. The standard InChI is InChI=1S/C29H20Br2Cl2N2O6S/c30-24-16-11-17(25(24)31)23-22(16)27(38)35(28(23)39)34(26(37)14-5-8-18(32)19(33)10-14)12-20(36)13-3-6-15(7-4-13)41-29(40)21-2-1-9-42-21/h1-10,16-17,22-25H,11-12H2/t16-,17-,22-,23+,24+,25+/m1/s1. The van der Waals surface area contributed by atoms with Crippen molar-refractivity contribution in [2.24, 2.45) is 23.7 Å². The normalized spacial score (nSPS) is 26.0. The third-order valence-electron chi connectivity index (χ3n) is 8.01. The van der Waals surface area contributed by atoms with E-state index in [4.69, 9.17) is 27.9 Å². The molecule has 1 saturated heterocycles. The van der Waals surface area contributed by atoms with Crippen LogP contribution in [0.5, 0.6) is 5.75 Å². The van der Waals surface area contributed by atoms with Crippen LogP contribution in [0.25, 0.3) is 0 Å². The Balaban J connectivity index is 1.28. The van der Waals surface area contributed by atoms with Gasteiger partial charge in [0.05, 0.1) is 21.9 Å². The lowest BCUT2D eigenvalue weighted by molar-refractivity contribution is -0.154. The summed E-state index contributed by atoms with van der Waals surface area (Å²) in [5.41, 5.74) is 0.253. The fourth-order valence-electron chi connectivity index (χ4n) is 6.07. The summed E-state index contributed by atoms with van der Waals surface area (Å²) in [7, 11) is 0. The Morgan fingerprint density at radius 3 is 2.10 bits per heavy atom. The van der Waals surface area contributed by atoms with E-state index in [-0.39, 0.29) is 48.4 Å². The second-order valence-corrected chi connectivity index (χ2v) is 14.2. The van der Waals surface area contributed by atoms with E-state index in [0.717, 1.165) is 16.4 Å². The monoisotopic (exact) mass is 752 g/mol. The van der Waals surface area contributed by atoms with Crippen molar-refractivity contribution >= 4 is 95.9 Å². The number of hydrogen-bond acceptors (Lipinski definition) is 7. The highest BCUT2D eigenvalue weighted by Gasteiger charge is 2.67. The zero-order chi connectivity index (χ0) is 29.9. The van der Waals surface area contributed by atoms with Crippen molar-refractivity contribution in [2.75, 3.05) is 6.54 Å². The minimum atomic E-state index is -0.747. The van der Waals surface area contributed by atoms with Crippen LogP contribution in [0.3, 0.4) is 0 Å². The number of nitrogens with zero attached hydrogens (tertiary/aromatic N) is 2. The number of ether oxygens (including phenoxy) is 1. The molecule has 0 radical (unpaired) electrons. The predicted molar refractivity (Wildman–Crippen MR) is 163 cm³/mol. The number of esters is 1. The van der Waals surface area contributed by atoms with Crippen LogP contribution in [0.2, 0.25) is 10.0 Å². The quantitative estimate of drug-likeness (QED) is 0.0925. The van der Waals surface area contributed by atoms with Gasteiger partial charge in [-0.3, -0.25) is 19.2 Å². The van der Waals surface area contributed by atoms with Crippen molar-refractivity contribution in [3.05, 3.63) is 86.0 Å². The number of hydrazine groups is 1. The van der Waals surface area contributed by atoms with E-state index in [2.05, 4.69) is 31.9 Å². The minimum Gasteiger partial charge on any atom is -0.422 e. The van der Waals surface area contributed by atoms with E-state index in [1.54, 1.807) is 17.5 Å². The average molecular weight is 755 g/mol. The maximum Gasteiger partial charge on any atom is 0.353 e. The van der Waals surface area contributed by atoms with Crippen LogP contribution in [-0.2, 0) is 9.59 Å². The maximum atomic E-state index is 13.8. The van der Waals surface area contributed by atoms with Crippen LogP contribution in [0.15, 0.2) is 60.0 Å². The van der Waals surface area contributed by atoms with Gasteiger partial charge < -0.3 is 4.74 Å². The summed E-state index contributed by atoms with van der Waals surface area (Å²) in [6, 6.07) is 13.4. The molecule has 2 saturated carbocycles. The first-order valence-electron chi connectivity index (χ1n) is 12.9. The highest BCUT2D eigenvalue weighted by Crippen LogP contribution is 2.60. The number of halogens is 4. The number of carbonyl (C=O) groups excluding carboxylic acids is 5. The van der Waals surface area contributed by atoms with Crippen molar-refractivity contribution < 1.29 is 28.7 Å². The first-order chi connectivity index (χ1) is 20.1. The molecule has 216 valence electrons. The van der Waals surface area contributed by atoms with Gasteiger partial charge in [0.2, 0.25) is 0 Å². The van der Waals surface area contributed by atoms with Crippen LogP contribution < -0.4 is 4.74 Å². The number of hydrogen-bond donors (Lipinski definition) is 0. The molecule has 6 atom stereocenters. The molecule has 3 aromatic rings. The van der Waals surface area contributed by atoms with Crippen LogP contribution in [0.4, 0.5) is 0 Å². The average Bonchev–Trinajstić information content (AvgIpc) is 3.75. The van der Waals surface area contributed by atoms with Gasteiger partial charge in [-0.2, -0.15) is 5.01 Å². The SMILES string of the molecule is O=C(CN(C(=O)c1ccc(Cl)c(Cl)c1)N1C(=O)[C@@H]2[C@H]3C[C@@H]([C@H](Br)[C@H]3Br)[C@@H]2C1=O)c1ccc(OC(=O)c2cccs2)cc1. The van der Waals surface area contributed by atoms with Crippen molar-refractivity contribution in [1.82, 2.24) is 10.0 Å². The number of imide groups is 1. The van der Waals surface area contributed by atoms with Crippen LogP contribution >= 0.6 is 66.4 Å². The van der Waals surface area contributed by atoms with E-state index in [0.29, 0.717) is 4.88 Å². The summed E-state index contributed by atoms with van der Waals surface area (Å²) >= 11 is 20.8. The lowest BCUT2D eigenvalue weighted by Gasteiger charge is -2.31. The Kier molecular flexibility index (Phi) is 8.08. The number of carbonyl (C=O) groups is 5. The fourth-order valence-corrected chi connectivity index (χ4v) is 8.84. The summed E-state index contributed by atoms with van der Waals surface area (Å²) in [6.45, 7) is -0.588. The number of Topliss-reactive ketones (excluding diaryl/α,β-unsaturated/α-hetero) is 1. The number of rotatable bonds is 7. The number of fused-ring (bicyclic) bond motifs is 5. The molecule has 2 bridgehead atoms. The fraction of sp³-hybridized carbons (Fsp3) is 0.276. The summed E-state index contributed by atoms with van der Waals surface area (Å²) in [5.74, 6) is -3.90. The van der Waals surface area contributed by atoms with Gasteiger partial charge in [-0.05, 0) is 72.2 Å². The molecule has 0 N–H and O–H groups in total. The first kappa shape index (κ1) is 29.5. The third kappa shape index (κ3) is 5.02. The summed E-state index contributed by atoms with van der Waals surface area (Å²) in [4.78, 5) is 67.5. The molecule has 13 heteroatoms. The van der Waals surface area contributed by atoms with Gasteiger partial charge in [-0.25, -0.2) is 9.80 Å². The molecule has 2 aromatic carbocycles. The Morgan fingerprint density at radius 1 is 0.905 bits per heavy atom. The second kappa shape index (κ2) is 11.5. The van der Waals surface area contributed by atoms with Gasteiger partial charge in [-0.1, -0.05) is 61.1 Å². The highest BCUT2D eigenvalue weighted by molar-refractivity contribution is 9.12. The Morgan fingerprint density at radius 2 is 1.52 bits per heavy atom. The van der Waals surface area contributed by atoms with Gasteiger partial charge in [0.15, 0.2) is 5.78 Å². The van der Waals surface area contributed by atoms with Crippen LogP contribution in [0, 0.1) is 23.7 Å². The number of benzene rings is 2. The number of alkyl halides is 2. The van der Waals surface area contributed by atoms with E-state index >= 15 is 0 Å². The number of ketones is 1. The van der Waals surface area contributed by atoms with E-state index in [1.165, 1.54) is 53.8 Å². The summed E-state index contributed by atoms with van der Waals surface area (Å²) in [5, 5.41) is 3.84. The molecule has 2 heterocycles. The molecule has 0 unspecified atom stereocenters. The molecule has 0 spiro atoms. The number of amides is 3. The maximum absolute atomic E-state index is 13.8. The largest absolute Gasteiger partial charge is 0.422 e. The van der Waals surface area contributed by atoms with E-state index < -0.39 is 47.9 Å². The van der Waals surface area contributed by atoms with E-state index in [1.807, 2.05) is 0 Å². The van der Waals surface area contributed by atoms with Gasteiger partial charge in [0.25, 0.3) is 17.7 Å². The van der Waals surface area contributed by atoms with Crippen molar-refractivity contribution in [1.29, 1.82) is 0 Å². The zero-order valence-corrected chi connectivity index (χ0v) is 26.9. The second-order valence-electron chi connectivity index (χ2n) is 10.3. The molecule has 6 rings (SSSR count). The molecule has 3 aliphatic rings. The Hall–Kier alpha value is -2.57. The first-order valence-corrected chi connectivity index (χ1v) is 16.3. The zero-order valence-electron chi connectivity index (χ0n) is 21.4. The van der Waals surface area contributed by atoms with Crippen LogP contribution in [0.1, 0.15) is 36.8 Å². The molecular weight excluding hydrogens is 735 g/mol. The molecular formula is C29H20Br2Cl2N2O6S. The molecule has 3 fully saturated rings. The minimum absolute atomic E-state index is 0.00809. The van der Waals surface area contributed by atoms with E-state index in [9.17, 15) is 24.0 Å². The van der Waals surface area contributed by atoms with Crippen molar-refractivity contribution in [3.63, 3.8) is 0 Å². The summed E-state index contributed by atoms with van der Waals surface area (Å²) in [6.07, 6.45) is 0.718. The van der Waals surface area contributed by atoms with Gasteiger partial charge in [0.1, 0.15) is 17.2 Å². The third-order valence-corrected chi connectivity index (χ3v) is 12.8. The lowest BCUT2D eigenvalue weighted by atomic mass is 9.81. The number of thiophene rings is 1. The molecule has 1 aliphatic heterocycles. The smallest absolute Gasteiger partial charge is 0.353 e. The molecule has 3 amide bonds. The molecule has 8 nitrogen and oxygen atoms in total. The molecule has 42 heavy (non-hydrogen) atoms. The predicted octanol–water partition coefficient (Wildman–Crippen LogP) is 6.29. The van der Waals surface area contributed by atoms with Gasteiger partial charge in [0, 0.05) is 20.8 Å². The van der Waals surface area contributed by atoms with Crippen LogP contribution in [-0.4, -0.2) is 55.7 Å².